The predicted molar refractivity (Wildman–Crippen MR) is 65.5 cm³/mol. The van der Waals surface area contributed by atoms with Crippen molar-refractivity contribution in [2.24, 2.45) is 0 Å². The van der Waals surface area contributed by atoms with Gasteiger partial charge in [-0.3, -0.25) is 4.79 Å². The highest BCUT2D eigenvalue weighted by Crippen LogP contribution is 2.32. The summed E-state index contributed by atoms with van der Waals surface area (Å²) in [6.07, 6.45) is 0. The number of hydrogen-bond donors (Lipinski definition) is 1. The molecule has 18 heavy (non-hydrogen) atoms. The van der Waals surface area contributed by atoms with Crippen molar-refractivity contribution in [3.8, 4) is 16.9 Å². The van der Waals surface area contributed by atoms with E-state index in [1.54, 1.807) is 12.1 Å². The minimum atomic E-state index is -1.13. The Morgan fingerprint density at radius 3 is 2.39 bits per heavy atom. The minimum absolute atomic E-state index is 0.0385. The Labute approximate surface area is 103 Å². The predicted octanol–water partition coefficient (Wildman–Crippen LogP) is 2.59. The average Bonchev–Trinajstić information content (AvgIpc) is 2.40. The van der Waals surface area contributed by atoms with Gasteiger partial charge in [-0.15, -0.1) is 0 Å². The molecule has 2 rings (SSSR count). The number of benzene rings is 2. The summed E-state index contributed by atoms with van der Waals surface area (Å²) < 4.78 is 4.82. The van der Waals surface area contributed by atoms with E-state index in [0.717, 1.165) is 5.56 Å². The average molecular weight is 242 g/mol. The topological polar surface area (TPSA) is 63.6 Å². The molecule has 0 heterocycles. The normalized spacial score (nSPS) is 9.78. The van der Waals surface area contributed by atoms with E-state index in [0.29, 0.717) is 5.56 Å². The molecule has 4 heteroatoms. The van der Waals surface area contributed by atoms with Gasteiger partial charge in [0.25, 0.3) is 6.47 Å². The number of para-hydroxylation sites is 1. The summed E-state index contributed by atoms with van der Waals surface area (Å²) in [5.41, 5.74) is 1.32. The Morgan fingerprint density at radius 2 is 1.78 bits per heavy atom. The third-order valence-corrected chi connectivity index (χ3v) is 2.50. The summed E-state index contributed by atoms with van der Waals surface area (Å²) >= 11 is 0. The lowest BCUT2D eigenvalue weighted by Crippen LogP contribution is -2.03. The van der Waals surface area contributed by atoms with Crippen molar-refractivity contribution < 1.29 is 19.4 Å². The molecule has 0 radical (unpaired) electrons. The van der Waals surface area contributed by atoms with Crippen LogP contribution in [0.5, 0.6) is 5.75 Å². The SMILES string of the molecule is O=COc1c(C(=O)O)cccc1-c1ccccc1. The molecule has 0 saturated heterocycles. The minimum Gasteiger partial charge on any atom is -0.478 e. The first-order chi connectivity index (χ1) is 8.74. The molecule has 4 nitrogen and oxygen atoms in total. The smallest absolute Gasteiger partial charge is 0.339 e. The van der Waals surface area contributed by atoms with Crippen LogP contribution in [-0.4, -0.2) is 17.5 Å². The van der Waals surface area contributed by atoms with Crippen molar-refractivity contribution in [1.29, 1.82) is 0 Å². The van der Waals surface area contributed by atoms with Crippen molar-refractivity contribution >= 4 is 12.4 Å². The summed E-state index contributed by atoms with van der Waals surface area (Å²) in [6.45, 7) is 0.230. The number of carbonyl (C=O) groups excluding carboxylic acids is 1. The van der Waals surface area contributed by atoms with Crippen LogP contribution in [0.1, 0.15) is 10.4 Å². The highest BCUT2D eigenvalue weighted by Gasteiger charge is 2.16. The Bertz CT molecular complexity index is 576. The Balaban J connectivity index is 2.63. The van der Waals surface area contributed by atoms with Crippen molar-refractivity contribution in [3.63, 3.8) is 0 Å². The number of hydrogen-bond acceptors (Lipinski definition) is 3. The van der Waals surface area contributed by atoms with E-state index in [9.17, 15) is 9.59 Å². The largest absolute Gasteiger partial charge is 0.478 e. The van der Waals surface area contributed by atoms with Crippen LogP contribution >= 0.6 is 0 Å². The molecule has 1 N–H and O–H groups in total. The maximum absolute atomic E-state index is 11.1. The van der Waals surface area contributed by atoms with Gasteiger partial charge in [0, 0.05) is 5.56 Å². The number of carboxylic acids is 1. The first kappa shape index (κ1) is 11.9. The lowest BCUT2D eigenvalue weighted by molar-refractivity contribution is -0.120. The van der Waals surface area contributed by atoms with Gasteiger partial charge in [-0.2, -0.15) is 0 Å². The van der Waals surface area contributed by atoms with E-state index < -0.39 is 5.97 Å². The first-order valence-electron chi connectivity index (χ1n) is 5.26. The van der Waals surface area contributed by atoms with Gasteiger partial charge in [-0.1, -0.05) is 42.5 Å². The van der Waals surface area contributed by atoms with E-state index in [1.807, 2.05) is 30.3 Å². The number of rotatable bonds is 4. The van der Waals surface area contributed by atoms with Gasteiger partial charge in [0.2, 0.25) is 0 Å². The summed E-state index contributed by atoms with van der Waals surface area (Å²) in [5.74, 6) is -1.07. The van der Waals surface area contributed by atoms with Gasteiger partial charge < -0.3 is 9.84 Å². The fraction of sp³-hybridized carbons (Fsp3) is 0. The molecular formula is C14H10O4. The molecule has 0 atom stereocenters. The van der Waals surface area contributed by atoms with Crippen molar-refractivity contribution in [2.75, 3.05) is 0 Å². The van der Waals surface area contributed by atoms with E-state index in [-0.39, 0.29) is 17.8 Å². The second-order valence-corrected chi connectivity index (χ2v) is 3.57. The van der Waals surface area contributed by atoms with Crippen LogP contribution in [0.3, 0.4) is 0 Å². The molecule has 0 amide bonds. The summed E-state index contributed by atoms with van der Waals surface area (Å²) in [7, 11) is 0. The van der Waals surface area contributed by atoms with E-state index >= 15 is 0 Å². The second-order valence-electron chi connectivity index (χ2n) is 3.57. The van der Waals surface area contributed by atoms with Crippen LogP contribution < -0.4 is 4.74 Å². The molecule has 0 aliphatic heterocycles. The molecule has 0 saturated carbocycles. The summed E-state index contributed by atoms with van der Waals surface area (Å²) in [4.78, 5) is 21.6. The number of aromatic carboxylic acids is 1. The molecule has 0 aliphatic rings. The van der Waals surface area contributed by atoms with E-state index in [2.05, 4.69) is 0 Å². The summed E-state index contributed by atoms with van der Waals surface area (Å²) in [5, 5.41) is 9.07. The van der Waals surface area contributed by atoms with Crippen LogP contribution in [0.25, 0.3) is 11.1 Å². The monoisotopic (exact) mass is 242 g/mol. The highest BCUT2D eigenvalue weighted by molar-refractivity contribution is 5.95. The van der Waals surface area contributed by atoms with Crippen LogP contribution in [0.4, 0.5) is 0 Å². The standard InChI is InChI=1S/C14H10O4/c15-9-18-13-11(10-5-2-1-3-6-10)7-4-8-12(13)14(16)17/h1-9H,(H,16,17). The molecule has 2 aromatic carbocycles. The third kappa shape index (κ3) is 2.22. The fourth-order valence-electron chi connectivity index (χ4n) is 1.73. The maximum Gasteiger partial charge on any atom is 0.339 e. The molecule has 0 aromatic heterocycles. The highest BCUT2D eigenvalue weighted by atomic mass is 16.5. The molecule has 2 aromatic rings. The van der Waals surface area contributed by atoms with Gasteiger partial charge in [-0.05, 0) is 11.6 Å². The Morgan fingerprint density at radius 1 is 1.06 bits per heavy atom. The number of carbonyl (C=O) groups is 2. The Kier molecular flexibility index (Phi) is 3.38. The molecule has 90 valence electrons. The zero-order chi connectivity index (χ0) is 13.0. The van der Waals surface area contributed by atoms with Crippen molar-refractivity contribution in [1.82, 2.24) is 0 Å². The van der Waals surface area contributed by atoms with Crippen LogP contribution in [0.15, 0.2) is 48.5 Å². The fourth-order valence-corrected chi connectivity index (χ4v) is 1.73. The molecular weight excluding hydrogens is 232 g/mol. The van der Waals surface area contributed by atoms with Crippen molar-refractivity contribution in [3.05, 3.63) is 54.1 Å². The van der Waals surface area contributed by atoms with E-state index in [4.69, 9.17) is 9.84 Å². The lowest BCUT2D eigenvalue weighted by Gasteiger charge is -2.10. The number of carboxylic acid groups (broad SMARTS) is 1. The zero-order valence-corrected chi connectivity index (χ0v) is 9.37. The van der Waals surface area contributed by atoms with E-state index in [1.165, 1.54) is 6.07 Å². The third-order valence-electron chi connectivity index (χ3n) is 2.50. The molecule has 0 bridgehead atoms. The summed E-state index contributed by atoms with van der Waals surface area (Å²) in [6, 6.07) is 13.9. The maximum atomic E-state index is 11.1. The quantitative estimate of drug-likeness (QED) is 0.837. The van der Waals surface area contributed by atoms with Crippen molar-refractivity contribution in [2.45, 2.75) is 0 Å². The van der Waals surface area contributed by atoms with Gasteiger partial charge in [0.15, 0.2) is 5.75 Å². The van der Waals surface area contributed by atoms with Crippen LogP contribution in [-0.2, 0) is 4.79 Å². The Hall–Kier alpha value is -2.62. The molecule has 0 aliphatic carbocycles. The molecule has 0 fully saturated rings. The van der Waals surface area contributed by atoms with Gasteiger partial charge in [0.05, 0.1) is 0 Å². The van der Waals surface area contributed by atoms with Crippen LogP contribution in [0, 0.1) is 0 Å². The zero-order valence-electron chi connectivity index (χ0n) is 9.37. The molecule has 0 spiro atoms. The number of ether oxygens (including phenoxy) is 1. The second kappa shape index (κ2) is 5.14. The first-order valence-corrected chi connectivity index (χ1v) is 5.26. The molecule has 0 unspecified atom stereocenters. The van der Waals surface area contributed by atoms with Crippen LogP contribution in [0.2, 0.25) is 0 Å². The van der Waals surface area contributed by atoms with Gasteiger partial charge >= 0.3 is 5.97 Å². The van der Waals surface area contributed by atoms with Gasteiger partial charge in [0.1, 0.15) is 5.56 Å². The van der Waals surface area contributed by atoms with Gasteiger partial charge in [-0.25, -0.2) is 4.79 Å². The lowest BCUT2D eigenvalue weighted by atomic mass is 10.0.